The molecule has 90 valence electrons. The van der Waals surface area contributed by atoms with Crippen LogP contribution < -0.4 is 5.32 Å². The molecule has 1 fully saturated rings. The minimum absolute atomic E-state index is 0.232. The van der Waals surface area contributed by atoms with Crippen molar-refractivity contribution < 1.29 is 14.3 Å². The number of urea groups is 1. The molecule has 0 bridgehead atoms. The fourth-order valence-corrected chi connectivity index (χ4v) is 1.62. The number of carbonyl (C=O) groups excluding carboxylic acids is 2. The lowest BCUT2D eigenvalue weighted by Gasteiger charge is -2.09. The van der Waals surface area contributed by atoms with E-state index in [1.807, 2.05) is 30.3 Å². The topological polar surface area (TPSA) is 58.6 Å². The van der Waals surface area contributed by atoms with Crippen LogP contribution in [0.25, 0.3) is 0 Å². The van der Waals surface area contributed by atoms with Crippen LogP contribution in [0, 0.1) is 0 Å². The highest BCUT2D eigenvalue weighted by Gasteiger charge is 2.32. The fraction of sp³-hybridized carbons (Fsp3) is 0.333. The third kappa shape index (κ3) is 2.75. The summed E-state index contributed by atoms with van der Waals surface area (Å²) in [7, 11) is 1.64. The summed E-state index contributed by atoms with van der Waals surface area (Å²) in [6, 6.07) is 8.63. The average molecular weight is 234 g/mol. The first-order valence-corrected chi connectivity index (χ1v) is 5.39. The molecule has 5 nitrogen and oxygen atoms in total. The van der Waals surface area contributed by atoms with Gasteiger partial charge >= 0.3 is 12.0 Å². The molecular weight excluding hydrogens is 220 g/mol. The zero-order valence-corrected chi connectivity index (χ0v) is 9.55. The highest BCUT2D eigenvalue weighted by Crippen LogP contribution is 2.06. The average Bonchev–Trinajstić information content (AvgIpc) is 2.68. The summed E-state index contributed by atoms with van der Waals surface area (Å²) >= 11 is 0. The molecule has 0 radical (unpaired) electrons. The van der Waals surface area contributed by atoms with E-state index in [2.05, 4.69) is 5.32 Å². The largest absolute Gasteiger partial charge is 0.459 e. The summed E-state index contributed by atoms with van der Waals surface area (Å²) in [5.74, 6) is -0.397. The maximum absolute atomic E-state index is 11.6. The van der Waals surface area contributed by atoms with Gasteiger partial charge in [0, 0.05) is 7.05 Å². The Bertz CT molecular complexity index is 419. The van der Waals surface area contributed by atoms with Gasteiger partial charge in [0.05, 0.1) is 6.54 Å². The van der Waals surface area contributed by atoms with E-state index in [9.17, 15) is 9.59 Å². The molecule has 17 heavy (non-hydrogen) atoms. The predicted octanol–water partition coefficient (Wildman–Crippen LogP) is 0.753. The van der Waals surface area contributed by atoms with Gasteiger partial charge < -0.3 is 15.0 Å². The van der Waals surface area contributed by atoms with E-state index >= 15 is 0 Å². The quantitative estimate of drug-likeness (QED) is 0.785. The van der Waals surface area contributed by atoms with Crippen molar-refractivity contribution in [1.82, 2.24) is 10.2 Å². The second-order valence-corrected chi connectivity index (χ2v) is 3.98. The summed E-state index contributed by atoms with van der Waals surface area (Å²) in [6.45, 7) is 0.586. The molecule has 0 aliphatic carbocycles. The molecule has 1 aliphatic heterocycles. The van der Waals surface area contributed by atoms with Crippen LogP contribution in [-0.4, -0.2) is 36.5 Å². The number of hydrogen-bond acceptors (Lipinski definition) is 3. The first-order chi connectivity index (χ1) is 8.16. The Hall–Kier alpha value is -2.04. The van der Waals surface area contributed by atoms with E-state index < -0.39 is 12.0 Å². The summed E-state index contributed by atoms with van der Waals surface area (Å²) in [4.78, 5) is 24.3. The Morgan fingerprint density at radius 3 is 2.76 bits per heavy atom. The summed E-state index contributed by atoms with van der Waals surface area (Å²) in [5, 5.41) is 2.55. The highest BCUT2D eigenvalue weighted by molar-refractivity contribution is 5.87. The molecule has 0 saturated carbocycles. The first kappa shape index (κ1) is 11.4. The van der Waals surface area contributed by atoms with Gasteiger partial charge in [-0.05, 0) is 5.56 Å². The van der Waals surface area contributed by atoms with E-state index in [1.165, 1.54) is 4.90 Å². The smallest absolute Gasteiger partial charge is 0.330 e. The Labute approximate surface area is 99.4 Å². The van der Waals surface area contributed by atoms with Gasteiger partial charge in [-0.1, -0.05) is 30.3 Å². The number of esters is 1. The van der Waals surface area contributed by atoms with Crippen molar-refractivity contribution in [2.24, 2.45) is 0 Å². The molecule has 1 aliphatic rings. The molecule has 1 atom stereocenters. The normalized spacial score (nSPS) is 19.0. The van der Waals surface area contributed by atoms with Gasteiger partial charge in [-0.15, -0.1) is 0 Å². The number of nitrogens with one attached hydrogen (secondary N) is 1. The van der Waals surface area contributed by atoms with Crippen molar-refractivity contribution in [1.29, 1.82) is 0 Å². The minimum Gasteiger partial charge on any atom is -0.459 e. The van der Waals surface area contributed by atoms with Crippen LogP contribution in [0.15, 0.2) is 30.3 Å². The van der Waals surface area contributed by atoms with E-state index in [1.54, 1.807) is 7.05 Å². The molecule has 1 saturated heterocycles. The summed E-state index contributed by atoms with van der Waals surface area (Å²) in [5.41, 5.74) is 0.929. The molecule has 0 aromatic heterocycles. The van der Waals surface area contributed by atoms with Gasteiger partial charge in [-0.25, -0.2) is 9.59 Å². The number of rotatable bonds is 3. The zero-order chi connectivity index (χ0) is 12.3. The van der Waals surface area contributed by atoms with Crippen LogP contribution in [0.1, 0.15) is 5.56 Å². The van der Waals surface area contributed by atoms with Crippen molar-refractivity contribution in [3.63, 3.8) is 0 Å². The van der Waals surface area contributed by atoms with Crippen molar-refractivity contribution in [2.45, 2.75) is 12.6 Å². The second kappa shape index (κ2) is 4.86. The highest BCUT2D eigenvalue weighted by atomic mass is 16.5. The van der Waals surface area contributed by atoms with E-state index in [4.69, 9.17) is 4.74 Å². The molecule has 2 amide bonds. The molecule has 1 aromatic rings. The van der Waals surface area contributed by atoms with E-state index in [0.717, 1.165) is 5.56 Å². The number of nitrogens with zero attached hydrogens (tertiary/aromatic N) is 1. The van der Waals surface area contributed by atoms with Crippen molar-refractivity contribution in [3.05, 3.63) is 35.9 Å². The number of benzene rings is 1. The van der Waals surface area contributed by atoms with E-state index in [-0.39, 0.29) is 12.6 Å². The van der Waals surface area contributed by atoms with Crippen LogP contribution in [0.5, 0.6) is 0 Å². The molecular formula is C12H14N2O3. The molecule has 1 N–H and O–H groups in total. The third-order valence-electron chi connectivity index (χ3n) is 2.61. The van der Waals surface area contributed by atoms with Crippen molar-refractivity contribution >= 4 is 12.0 Å². The van der Waals surface area contributed by atoms with Crippen LogP contribution in [-0.2, 0) is 16.1 Å². The number of carbonyl (C=O) groups is 2. The first-order valence-electron chi connectivity index (χ1n) is 5.39. The Morgan fingerprint density at radius 1 is 1.47 bits per heavy atom. The van der Waals surface area contributed by atoms with Gasteiger partial charge in [0.25, 0.3) is 0 Å². The summed E-state index contributed by atoms with van der Waals surface area (Å²) < 4.78 is 5.13. The van der Waals surface area contributed by atoms with Gasteiger partial charge in [-0.3, -0.25) is 0 Å². The Morgan fingerprint density at radius 2 is 2.18 bits per heavy atom. The molecule has 1 aromatic carbocycles. The van der Waals surface area contributed by atoms with Gasteiger partial charge in [0.15, 0.2) is 0 Å². The molecule has 0 spiro atoms. The van der Waals surface area contributed by atoms with Crippen LogP contribution in [0.2, 0.25) is 0 Å². The predicted molar refractivity (Wildman–Crippen MR) is 61.2 cm³/mol. The lowest BCUT2D eigenvalue weighted by molar-refractivity contribution is -0.146. The molecule has 2 rings (SSSR count). The van der Waals surface area contributed by atoms with Gasteiger partial charge in [-0.2, -0.15) is 0 Å². The minimum atomic E-state index is -0.559. The van der Waals surface area contributed by atoms with Crippen LogP contribution >= 0.6 is 0 Å². The molecule has 1 unspecified atom stereocenters. The SMILES string of the molecule is CN1CC(C(=O)OCc2ccccc2)NC1=O. The Kier molecular flexibility index (Phi) is 3.27. The number of hydrogen-bond donors (Lipinski definition) is 1. The van der Waals surface area contributed by atoms with Crippen molar-refractivity contribution in [3.8, 4) is 0 Å². The monoisotopic (exact) mass is 234 g/mol. The fourth-order valence-electron chi connectivity index (χ4n) is 1.62. The molecule has 1 heterocycles. The van der Waals surface area contributed by atoms with Crippen LogP contribution in [0.4, 0.5) is 4.79 Å². The third-order valence-corrected chi connectivity index (χ3v) is 2.61. The maximum Gasteiger partial charge on any atom is 0.330 e. The molecule has 5 heteroatoms. The Balaban J connectivity index is 1.84. The van der Waals surface area contributed by atoms with Crippen molar-refractivity contribution in [2.75, 3.05) is 13.6 Å². The lowest BCUT2D eigenvalue weighted by atomic mass is 10.2. The van der Waals surface area contributed by atoms with Gasteiger partial charge in [0.1, 0.15) is 12.6 Å². The summed E-state index contributed by atoms with van der Waals surface area (Å²) in [6.07, 6.45) is 0. The maximum atomic E-state index is 11.6. The number of likely N-dealkylation sites (N-methyl/N-ethyl adjacent to an activating group) is 1. The number of ether oxygens (including phenoxy) is 1. The zero-order valence-electron chi connectivity index (χ0n) is 9.55. The number of amides is 2. The van der Waals surface area contributed by atoms with Crippen LogP contribution in [0.3, 0.4) is 0 Å². The lowest BCUT2D eigenvalue weighted by Crippen LogP contribution is -2.35. The van der Waals surface area contributed by atoms with E-state index in [0.29, 0.717) is 6.54 Å². The van der Waals surface area contributed by atoms with Gasteiger partial charge in [0.2, 0.25) is 0 Å². The second-order valence-electron chi connectivity index (χ2n) is 3.98. The standard InChI is InChI=1S/C12H14N2O3/c1-14-7-10(13-12(14)16)11(15)17-8-9-5-3-2-4-6-9/h2-6,10H,7-8H2,1H3,(H,13,16).